The second kappa shape index (κ2) is 11.6. The number of allylic oxidation sites excluding steroid dienone is 2. The van der Waals surface area contributed by atoms with Gasteiger partial charge in [-0.25, -0.2) is 4.79 Å². The maximum absolute atomic E-state index is 12.2. The Hall–Kier alpha value is -3.53. The Labute approximate surface area is 183 Å². The van der Waals surface area contributed by atoms with Gasteiger partial charge in [-0.15, -0.1) is 6.42 Å². The van der Waals surface area contributed by atoms with Crippen LogP contribution in [-0.2, 0) is 19.2 Å². The van der Waals surface area contributed by atoms with Gasteiger partial charge in [-0.2, -0.15) is 0 Å². The minimum atomic E-state index is -0.551. The predicted octanol–water partition coefficient (Wildman–Crippen LogP) is 4.04. The molecule has 7 heteroatoms. The van der Waals surface area contributed by atoms with Crippen LogP contribution in [0.5, 0.6) is 5.75 Å². The SMILES string of the molecule is C#CCOc1cccc(C(C)=NOCC2=C(C(=NOC)C(=O)OC)CC(C)=C(C)C2)c1. The van der Waals surface area contributed by atoms with E-state index in [1.807, 2.05) is 38.1 Å². The molecule has 0 N–H and O–H groups in total. The van der Waals surface area contributed by atoms with Crippen LogP contribution >= 0.6 is 0 Å². The molecule has 1 aliphatic rings. The van der Waals surface area contributed by atoms with Crippen LogP contribution in [-0.4, -0.2) is 44.8 Å². The lowest BCUT2D eigenvalue weighted by molar-refractivity contribution is -0.132. The zero-order valence-corrected chi connectivity index (χ0v) is 18.7. The highest BCUT2D eigenvalue weighted by Gasteiger charge is 2.26. The summed E-state index contributed by atoms with van der Waals surface area (Å²) >= 11 is 0. The monoisotopic (exact) mass is 424 g/mol. The predicted molar refractivity (Wildman–Crippen MR) is 120 cm³/mol. The van der Waals surface area contributed by atoms with Crippen molar-refractivity contribution in [2.75, 3.05) is 27.4 Å². The van der Waals surface area contributed by atoms with Gasteiger partial charge in [-0.3, -0.25) is 0 Å². The number of hydrogen-bond acceptors (Lipinski definition) is 7. The largest absolute Gasteiger partial charge is 0.481 e. The van der Waals surface area contributed by atoms with Crippen molar-refractivity contribution in [3.63, 3.8) is 0 Å². The van der Waals surface area contributed by atoms with Crippen molar-refractivity contribution in [2.24, 2.45) is 10.3 Å². The average Bonchev–Trinajstić information content (AvgIpc) is 2.78. The van der Waals surface area contributed by atoms with E-state index < -0.39 is 5.97 Å². The quantitative estimate of drug-likeness (QED) is 0.197. The normalized spacial score (nSPS) is 14.8. The minimum Gasteiger partial charge on any atom is -0.481 e. The molecule has 0 amide bonds. The highest BCUT2D eigenvalue weighted by atomic mass is 16.6. The molecular weight excluding hydrogens is 396 g/mol. The van der Waals surface area contributed by atoms with Gasteiger partial charge >= 0.3 is 5.97 Å². The zero-order chi connectivity index (χ0) is 22.8. The van der Waals surface area contributed by atoms with Gasteiger partial charge < -0.3 is 19.1 Å². The first-order chi connectivity index (χ1) is 14.9. The third kappa shape index (κ3) is 6.48. The number of methoxy groups -OCH3 is 1. The molecule has 0 saturated carbocycles. The molecule has 0 aliphatic heterocycles. The van der Waals surface area contributed by atoms with Gasteiger partial charge in [0.15, 0.2) is 5.71 Å². The third-order valence-electron chi connectivity index (χ3n) is 4.94. The van der Waals surface area contributed by atoms with E-state index in [0.29, 0.717) is 24.3 Å². The van der Waals surface area contributed by atoms with E-state index in [4.69, 9.17) is 25.6 Å². The summed E-state index contributed by atoms with van der Waals surface area (Å²) in [7, 11) is 2.71. The smallest absolute Gasteiger partial charge is 0.360 e. The second-order valence-corrected chi connectivity index (χ2v) is 7.08. The van der Waals surface area contributed by atoms with Gasteiger partial charge in [0.05, 0.1) is 12.8 Å². The first kappa shape index (κ1) is 23.7. The summed E-state index contributed by atoms with van der Waals surface area (Å²) in [6.07, 6.45) is 6.46. The van der Waals surface area contributed by atoms with Crippen molar-refractivity contribution in [3.05, 3.63) is 52.1 Å². The topological polar surface area (TPSA) is 78.7 Å². The lowest BCUT2D eigenvalue weighted by Gasteiger charge is -2.22. The third-order valence-corrected chi connectivity index (χ3v) is 4.94. The number of carbonyl (C=O) groups excluding carboxylic acids is 1. The highest BCUT2D eigenvalue weighted by Crippen LogP contribution is 2.31. The number of ether oxygens (including phenoxy) is 2. The molecular formula is C24H28N2O5. The van der Waals surface area contributed by atoms with Crippen LogP contribution in [0.1, 0.15) is 39.2 Å². The van der Waals surface area contributed by atoms with Gasteiger partial charge in [0, 0.05) is 5.56 Å². The van der Waals surface area contributed by atoms with E-state index in [1.54, 1.807) is 0 Å². The number of terminal acetylenes is 1. The molecule has 164 valence electrons. The van der Waals surface area contributed by atoms with Gasteiger partial charge in [0.25, 0.3) is 0 Å². The fourth-order valence-corrected chi connectivity index (χ4v) is 3.11. The molecule has 0 spiro atoms. The molecule has 0 aromatic heterocycles. The Morgan fingerprint density at radius 3 is 2.58 bits per heavy atom. The molecule has 31 heavy (non-hydrogen) atoms. The lowest BCUT2D eigenvalue weighted by Crippen LogP contribution is -2.23. The van der Waals surface area contributed by atoms with Gasteiger partial charge in [0.2, 0.25) is 0 Å². The van der Waals surface area contributed by atoms with E-state index >= 15 is 0 Å². The average molecular weight is 424 g/mol. The molecule has 0 heterocycles. The van der Waals surface area contributed by atoms with Crippen LogP contribution in [0.2, 0.25) is 0 Å². The molecule has 0 fully saturated rings. The van der Waals surface area contributed by atoms with Crippen LogP contribution in [0.15, 0.2) is 56.9 Å². The minimum absolute atomic E-state index is 0.148. The zero-order valence-electron chi connectivity index (χ0n) is 18.7. The summed E-state index contributed by atoms with van der Waals surface area (Å²) in [6.45, 7) is 6.35. The van der Waals surface area contributed by atoms with E-state index in [1.165, 1.54) is 25.4 Å². The fourth-order valence-electron chi connectivity index (χ4n) is 3.11. The number of benzene rings is 1. The van der Waals surface area contributed by atoms with Crippen molar-refractivity contribution >= 4 is 17.4 Å². The highest BCUT2D eigenvalue weighted by molar-refractivity contribution is 6.43. The molecule has 0 unspecified atom stereocenters. The van der Waals surface area contributed by atoms with Crippen molar-refractivity contribution in [2.45, 2.75) is 33.6 Å². The first-order valence-corrected chi connectivity index (χ1v) is 9.80. The number of hydrogen-bond donors (Lipinski definition) is 0. The van der Waals surface area contributed by atoms with Crippen LogP contribution in [0.25, 0.3) is 0 Å². The van der Waals surface area contributed by atoms with Crippen LogP contribution in [0, 0.1) is 12.3 Å². The summed E-state index contributed by atoms with van der Waals surface area (Å²) in [5.74, 6) is 2.55. The second-order valence-electron chi connectivity index (χ2n) is 7.08. The van der Waals surface area contributed by atoms with E-state index in [2.05, 4.69) is 23.2 Å². The van der Waals surface area contributed by atoms with Gasteiger partial charge in [-0.1, -0.05) is 39.5 Å². The Morgan fingerprint density at radius 2 is 1.90 bits per heavy atom. The fraction of sp³-hybridized carbons (Fsp3) is 0.375. The van der Waals surface area contributed by atoms with Crippen LogP contribution < -0.4 is 4.74 Å². The number of carbonyl (C=O) groups is 1. The van der Waals surface area contributed by atoms with Crippen molar-refractivity contribution in [1.82, 2.24) is 0 Å². The van der Waals surface area contributed by atoms with Crippen molar-refractivity contribution < 1.29 is 23.9 Å². The van der Waals surface area contributed by atoms with Crippen LogP contribution in [0.3, 0.4) is 0 Å². The van der Waals surface area contributed by atoms with Gasteiger partial charge in [-0.05, 0) is 56.9 Å². The number of rotatable bonds is 9. The number of nitrogens with zero attached hydrogens (tertiary/aromatic N) is 2. The maximum atomic E-state index is 12.2. The van der Waals surface area contributed by atoms with E-state index in [0.717, 1.165) is 16.7 Å². The molecule has 1 aromatic rings. The summed E-state index contributed by atoms with van der Waals surface area (Å²) in [5.41, 5.74) is 5.75. The Kier molecular flexibility index (Phi) is 8.89. The molecule has 0 radical (unpaired) electrons. The van der Waals surface area contributed by atoms with Gasteiger partial charge in [0.1, 0.15) is 26.1 Å². The summed E-state index contributed by atoms with van der Waals surface area (Å²) < 4.78 is 10.3. The van der Waals surface area contributed by atoms with Crippen LogP contribution in [0.4, 0.5) is 0 Å². The Morgan fingerprint density at radius 1 is 1.16 bits per heavy atom. The summed E-state index contributed by atoms with van der Waals surface area (Å²) in [5, 5.41) is 8.14. The van der Waals surface area contributed by atoms with Crippen molar-refractivity contribution in [3.8, 4) is 18.1 Å². The number of oxime groups is 2. The lowest BCUT2D eigenvalue weighted by atomic mass is 9.85. The Balaban J connectivity index is 2.22. The Bertz CT molecular complexity index is 980. The summed E-state index contributed by atoms with van der Waals surface area (Å²) in [4.78, 5) is 22.8. The first-order valence-electron chi connectivity index (χ1n) is 9.80. The molecule has 0 bridgehead atoms. The molecule has 1 aromatic carbocycles. The maximum Gasteiger partial charge on any atom is 0.360 e. The van der Waals surface area contributed by atoms with E-state index in [9.17, 15) is 4.79 Å². The molecule has 0 atom stereocenters. The molecule has 2 rings (SSSR count). The van der Waals surface area contributed by atoms with E-state index in [-0.39, 0.29) is 18.9 Å². The summed E-state index contributed by atoms with van der Waals surface area (Å²) in [6, 6.07) is 7.45. The molecule has 0 saturated heterocycles. The standard InChI is InChI=1S/C24H28N2O5/c1-7-11-30-21-10-8-9-19(14-21)18(4)25-31-15-20-12-16(2)17(3)13-22(20)23(26-29-6)24(27)28-5/h1,8-10,14H,11-13,15H2,2-6H3. The van der Waals surface area contributed by atoms with Crippen molar-refractivity contribution in [1.29, 1.82) is 0 Å². The molecule has 1 aliphatic carbocycles. The molecule has 7 nitrogen and oxygen atoms in total. The number of esters is 1.